The minimum absolute atomic E-state index is 0.791. The van der Waals surface area contributed by atoms with Gasteiger partial charge in [-0.05, 0) is 61.8 Å². The highest BCUT2D eigenvalue weighted by molar-refractivity contribution is 5.50. The molecule has 110 valence electrons. The van der Waals surface area contributed by atoms with Gasteiger partial charge in [0.2, 0.25) is 0 Å². The molecule has 0 unspecified atom stereocenters. The topological polar surface area (TPSA) is 15.3 Å². The van der Waals surface area contributed by atoms with Crippen LogP contribution in [0.2, 0.25) is 0 Å². The summed E-state index contributed by atoms with van der Waals surface area (Å²) in [6, 6.07) is 7.76. The number of hydrogen-bond donors (Lipinski definition) is 1. The van der Waals surface area contributed by atoms with Crippen molar-refractivity contribution in [2.45, 2.75) is 58.0 Å². The average Bonchev–Trinajstić information content (AvgIpc) is 3.13. The van der Waals surface area contributed by atoms with Gasteiger partial charge < -0.3 is 10.2 Å². The Morgan fingerprint density at radius 2 is 1.90 bits per heavy atom. The lowest BCUT2D eigenvalue weighted by atomic mass is 10.1. The van der Waals surface area contributed by atoms with Gasteiger partial charge in [-0.2, -0.15) is 0 Å². The molecule has 0 heterocycles. The monoisotopic (exact) mass is 272 g/mol. The highest BCUT2D eigenvalue weighted by Gasteiger charge is 2.20. The first-order valence-electron chi connectivity index (χ1n) is 8.26. The molecular weight excluding hydrogens is 244 g/mol. The first kappa shape index (κ1) is 13.9. The van der Waals surface area contributed by atoms with Crippen LogP contribution >= 0.6 is 0 Å². The fourth-order valence-corrected chi connectivity index (χ4v) is 3.34. The van der Waals surface area contributed by atoms with Crippen LogP contribution in [0.3, 0.4) is 0 Å². The van der Waals surface area contributed by atoms with Crippen molar-refractivity contribution in [2.75, 3.05) is 18.5 Å². The van der Waals surface area contributed by atoms with E-state index in [-0.39, 0.29) is 0 Å². The van der Waals surface area contributed by atoms with Gasteiger partial charge in [0.1, 0.15) is 0 Å². The molecule has 2 aliphatic rings. The molecule has 3 rings (SSSR count). The molecule has 0 amide bonds. The first-order valence-corrected chi connectivity index (χ1v) is 8.26. The molecule has 2 heteroatoms. The summed E-state index contributed by atoms with van der Waals surface area (Å²) in [6.07, 6.45) is 8.44. The quantitative estimate of drug-likeness (QED) is 0.845. The predicted octanol–water partition coefficient (Wildman–Crippen LogP) is 3.87. The van der Waals surface area contributed by atoms with Gasteiger partial charge in [0, 0.05) is 31.9 Å². The maximum Gasteiger partial charge on any atom is 0.0366 e. The van der Waals surface area contributed by atoms with Crippen molar-refractivity contribution in [2.24, 2.45) is 5.92 Å². The molecule has 0 radical (unpaired) electrons. The molecule has 2 aliphatic carbocycles. The SMILES string of the molecule is Cc1cc(N(C)CC2CCCC2)ccc1CNC1CC1. The number of hydrogen-bond acceptors (Lipinski definition) is 2. The minimum Gasteiger partial charge on any atom is -0.374 e. The number of nitrogens with zero attached hydrogens (tertiary/aromatic N) is 1. The van der Waals surface area contributed by atoms with Crippen LogP contribution in [0.1, 0.15) is 49.7 Å². The normalized spacial score (nSPS) is 19.5. The van der Waals surface area contributed by atoms with Gasteiger partial charge in [0.05, 0.1) is 0 Å². The van der Waals surface area contributed by atoms with E-state index < -0.39 is 0 Å². The van der Waals surface area contributed by atoms with Crippen LogP contribution in [0.5, 0.6) is 0 Å². The highest BCUT2D eigenvalue weighted by Crippen LogP contribution is 2.27. The van der Waals surface area contributed by atoms with Crippen LogP contribution in [0.15, 0.2) is 18.2 Å². The Morgan fingerprint density at radius 1 is 1.15 bits per heavy atom. The average molecular weight is 272 g/mol. The third-order valence-corrected chi connectivity index (χ3v) is 4.93. The molecule has 0 atom stereocenters. The van der Waals surface area contributed by atoms with E-state index in [9.17, 15) is 0 Å². The maximum atomic E-state index is 3.61. The number of benzene rings is 1. The van der Waals surface area contributed by atoms with E-state index in [1.807, 2.05) is 0 Å². The third-order valence-electron chi connectivity index (χ3n) is 4.93. The number of nitrogens with one attached hydrogen (secondary N) is 1. The molecule has 0 bridgehead atoms. The molecule has 0 saturated heterocycles. The van der Waals surface area contributed by atoms with Crippen LogP contribution in [0, 0.1) is 12.8 Å². The molecule has 2 saturated carbocycles. The standard InChI is InChI=1S/C18H28N2/c1-14-11-18(20(2)13-15-5-3-4-6-15)10-7-16(14)12-19-17-8-9-17/h7,10-11,15,17,19H,3-6,8-9,12-13H2,1-2H3. The summed E-state index contributed by atoms with van der Waals surface area (Å²) >= 11 is 0. The van der Waals surface area contributed by atoms with Crippen LogP contribution in [0.25, 0.3) is 0 Å². The van der Waals surface area contributed by atoms with Gasteiger partial charge in [-0.25, -0.2) is 0 Å². The Hall–Kier alpha value is -1.02. The minimum atomic E-state index is 0.791. The Morgan fingerprint density at radius 3 is 2.55 bits per heavy atom. The van der Waals surface area contributed by atoms with Gasteiger partial charge >= 0.3 is 0 Å². The van der Waals surface area contributed by atoms with Gasteiger partial charge in [0.25, 0.3) is 0 Å². The zero-order valence-corrected chi connectivity index (χ0v) is 13.0. The van der Waals surface area contributed by atoms with E-state index in [0.717, 1.165) is 18.5 Å². The largest absolute Gasteiger partial charge is 0.374 e. The van der Waals surface area contributed by atoms with E-state index in [4.69, 9.17) is 0 Å². The lowest BCUT2D eigenvalue weighted by Gasteiger charge is -2.24. The molecule has 2 fully saturated rings. The fourth-order valence-electron chi connectivity index (χ4n) is 3.34. The van der Waals surface area contributed by atoms with Crippen molar-refractivity contribution in [1.82, 2.24) is 5.32 Å². The van der Waals surface area contributed by atoms with Crippen molar-refractivity contribution in [3.05, 3.63) is 29.3 Å². The lowest BCUT2D eigenvalue weighted by molar-refractivity contribution is 0.547. The fraction of sp³-hybridized carbons (Fsp3) is 0.667. The molecule has 0 aromatic heterocycles. The summed E-state index contributed by atoms with van der Waals surface area (Å²) in [4.78, 5) is 2.45. The zero-order valence-electron chi connectivity index (χ0n) is 13.0. The first-order chi connectivity index (χ1) is 9.72. The van der Waals surface area contributed by atoms with Gasteiger partial charge in [-0.3, -0.25) is 0 Å². The molecule has 20 heavy (non-hydrogen) atoms. The lowest BCUT2D eigenvalue weighted by Crippen LogP contribution is -2.24. The van der Waals surface area contributed by atoms with Gasteiger partial charge in [0.15, 0.2) is 0 Å². The zero-order chi connectivity index (χ0) is 13.9. The molecular formula is C18H28N2. The van der Waals surface area contributed by atoms with Crippen molar-refractivity contribution in [3.63, 3.8) is 0 Å². The summed E-state index contributed by atoms with van der Waals surface area (Å²) in [7, 11) is 2.25. The van der Waals surface area contributed by atoms with Crippen LogP contribution in [-0.2, 0) is 6.54 Å². The van der Waals surface area contributed by atoms with Crippen LogP contribution < -0.4 is 10.2 Å². The number of aryl methyl sites for hydroxylation is 1. The van der Waals surface area contributed by atoms with Gasteiger partial charge in [-0.1, -0.05) is 18.9 Å². The molecule has 2 nitrogen and oxygen atoms in total. The number of rotatable bonds is 6. The summed E-state index contributed by atoms with van der Waals surface area (Å²) in [5.41, 5.74) is 4.26. The second-order valence-electron chi connectivity index (χ2n) is 6.80. The van der Waals surface area contributed by atoms with Crippen molar-refractivity contribution in [3.8, 4) is 0 Å². The highest BCUT2D eigenvalue weighted by atomic mass is 15.1. The predicted molar refractivity (Wildman–Crippen MR) is 86.3 cm³/mol. The summed E-state index contributed by atoms with van der Waals surface area (Å²) in [6.45, 7) is 4.50. The molecule has 0 aliphatic heterocycles. The second-order valence-corrected chi connectivity index (χ2v) is 6.80. The number of anilines is 1. The maximum absolute atomic E-state index is 3.61. The molecule has 0 spiro atoms. The Kier molecular flexibility index (Phi) is 4.30. The van der Waals surface area contributed by atoms with Crippen LogP contribution in [-0.4, -0.2) is 19.6 Å². The Balaban J connectivity index is 1.59. The molecule has 1 N–H and O–H groups in total. The summed E-state index contributed by atoms with van der Waals surface area (Å²) in [5.74, 6) is 0.913. The smallest absolute Gasteiger partial charge is 0.0366 e. The molecule has 1 aromatic carbocycles. The van der Waals surface area contributed by atoms with E-state index in [2.05, 4.69) is 42.4 Å². The van der Waals surface area contributed by atoms with Crippen molar-refractivity contribution >= 4 is 5.69 Å². The van der Waals surface area contributed by atoms with Gasteiger partial charge in [-0.15, -0.1) is 0 Å². The van der Waals surface area contributed by atoms with Crippen molar-refractivity contribution < 1.29 is 0 Å². The van der Waals surface area contributed by atoms with E-state index in [1.165, 1.54) is 61.9 Å². The third kappa shape index (κ3) is 3.54. The summed E-state index contributed by atoms with van der Waals surface area (Å²) < 4.78 is 0. The second kappa shape index (κ2) is 6.17. The van der Waals surface area contributed by atoms with E-state index >= 15 is 0 Å². The van der Waals surface area contributed by atoms with Crippen molar-refractivity contribution in [1.29, 1.82) is 0 Å². The summed E-state index contributed by atoms with van der Waals surface area (Å²) in [5, 5.41) is 3.61. The molecule has 1 aromatic rings. The van der Waals surface area contributed by atoms with Crippen LogP contribution in [0.4, 0.5) is 5.69 Å². The van der Waals surface area contributed by atoms with E-state index in [1.54, 1.807) is 0 Å². The Labute approximate surface area is 123 Å². The van der Waals surface area contributed by atoms with E-state index in [0.29, 0.717) is 0 Å². The Bertz CT molecular complexity index is 445.